The molecule has 2 saturated heterocycles. The number of carboxylic acid groups (broad SMARTS) is 2. The molecule has 1 unspecified atom stereocenters. The molecule has 2 aromatic rings. The highest BCUT2D eigenvalue weighted by atomic mass is 35.5. The van der Waals surface area contributed by atoms with Crippen molar-refractivity contribution < 1.29 is 55.7 Å². The Balaban J connectivity index is 0.000000421. The van der Waals surface area contributed by atoms with Crippen LogP contribution in [0.3, 0.4) is 0 Å². The maximum absolute atomic E-state index is 13.2. The van der Waals surface area contributed by atoms with Crippen molar-refractivity contribution in [2.75, 3.05) is 40.3 Å². The average molecular weight is 670 g/mol. The summed E-state index contributed by atoms with van der Waals surface area (Å²) in [6.45, 7) is 4.94. The Kier molecular flexibility index (Phi) is 13.6. The standard InChI is InChI=1S/C25H32ClN3O2.2C2HF3O2/c1-27-18-23(24(30)28(2)16-20-7-4-3-5-8-20)31-25(19-27)11-13-29(14-12-25)17-21-9-6-10-22(26)15-21;2*3-2(4,5)1(6)7/h3-10,15,23H,11-14,16-19H2,1-2H3;2*(H,6,7). The maximum atomic E-state index is 13.2. The number of aliphatic carboxylic acids is 2. The molecule has 2 aliphatic rings. The number of likely N-dealkylation sites (N-methyl/N-ethyl adjacent to an activating group) is 2. The quantitative estimate of drug-likeness (QED) is 0.432. The molecule has 2 heterocycles. The molecule has 0 aliphatic carbocycles. The third-order valence-corrected chi connectivity index (χ3v) is 7.12. The van der Waals surface area contributed by atoms with Crippen molar-refractivity contribution in [3.8, 4) is 0 Å². The van der Waals surface area contributed by atoms with Crippen LogP contribution in [0.5, 0.6) is 0 Å². The van der Waals surface area contributed by atoms with Gasteiger partial charge in [-0.3, -0.25) is 9.69 Å². The van der Waals surface area contributed by atoms with Crippen LogP contribution in [0.1, 0.15) is 24.0 Å². The van der Waals surface area contributed by atoms with Crippen LogP contribution in [-0.4, -0.2) is 107 Å². The molecule has 2 aromatic carbocycles. The molecule has 1 atom stereocenters. The number of morpholine rings is 1. The Morgan fingerprint density at radius 1 is 0.933 bits per heavy atom. The molecule has 1 spiro atoms. The number of carboxylic acids is 2. The molecule has 0 radical (unpaired) electrons. The van der Waals surface area contributed by atoms with E-state index in [1.165, 1.54) is 5.56 Å². The number of nitrogens with zero attached hydrogens (tertiary/aromatic N) is 3. The van der Waals surface area contributed by atoms with Crippen molar-refractivity contribution in [2.24, 2.45) is 0 Å². The number of ether oxygens (including phenoxy) is 1. The first-order chi connectivity index (χ1) is 20.8. The summed E-state index contributed by atoms with van der Waals surface area (Å²) < 4.78 is 70.0. The number of alkyl halides is 6. The van der Waals surface area contributed by atoms with Gasteiger partial charge in [0, 0.05) is 51.3 Å². The molecule has 1 amide bonds. The van der Waals surface area contributed by atoms with Gasteiger partial charge in [-0.1, -0.05) is 54.1 Å². The Labute approximate surface area is 260 Å². The molecule has 0 aromatic heterocycles. The predicted molar refractivity (Wildman–Crippen MR) is 151 cm³/mol. The highest BCUT2D eigenvalue weighted by Gasteiger charge is 2.44. The van der Waals surface area contributed by atoms with Gasteiger partial charge in [0.25, 0.3) is 5.91 Å². The number of hydrogen-bond acceptors (Lipinski definition) is 6. The minimum atomic E-state index is -5.08. The van der Waals surface area contributed by atoms with Gasteiger partial charge < -0.3 is 24.7 Å². The van der Waals surface area contributed by atoms with Gasteiger partial charge in [0.2, 0.25) is 0 Å². The zero-order chi connectivity index (χ0) is 34.0. The van der Waals surface area contributed by atoms with Gasteiger partial charge in [-0.2, -0.15) is 26.3 Å². The van der Waals surface area contributed by atoms with E-state index in [1.807, 2.05) is 43.4 Å². The number of piperidine rings is 1. The number of carbonyl (C=O) groups excluding carboxylic acids is 1. The topological polar surface area (TPSA) is 111 Å². The van der Waals surface area contributed by atoms with Crippen molar-refractivity contribution in [3.63, 3.8) is 0 Å². The number of benzene rings is 2. The second-order valence-electron chi connectivity index (χ2n) is 10.7. The van der Waals surface area contributed by atoms with Crippen molar-refractivity contribution in [3.05, 3.63) is 70.7 Å². The van der Waals surface area contributed by atoms with E-state index in [0.29, 0.717) is 13.1 Å². The van der Waals surface area contributed by atoms with E-state index in [-0.39, 0.29) is 11.5 Å². The average Bonchev–Trinajstić information content (AvgIpc) is 2.94. The lowest BCUT2D eigenvalue weighted by Gasteiger charge is -2.49. The lowest BCUT2D eigenvalue weighted by molar-refractivity contribution is -0.193. The first-order valence-electron chi connectivity index (χ1n) is 13.5. The van der Waals surface area contributed by atoms with Gasteiger partial charge in [0.1, 0.15) is 6.10 Å². The van der Waals surface area contributed by atoms with Crippen molar-refractivity contribution in [1.29, 1.82) is 0 Å². The van der Waals surface area contributed by atoms with Gasteiger partial charge in [-0.25, -0.2) is 9.59 Å². The molecule has 16 heteroatoms. The molecule has 2 N–H and O–H groups in total. The second kappa shape index (κ2) is 16.2. The number of halogens is 7. The van der Waals surface area contributed by atoms with Crippen molar-refractivity contribution in [2.45, 2.75) is 50.0 Å². The van der Waals surface area contributed by atoms with Crippen molar-refractivity contribution >= 4 is 29.4 Å². The van der Waals surface area contributed by atoms with Gasteiger partial charge in [-0.15, -0.1) is 0 Å². The highest BCUT2D eigenvalue weighted by Crippen LogP contribution is 2.33. The summed E-state index contributed by atoms with van der Waals surface area (Å²) >= 11 is 6.14. The summed E-state index contributed by atoms with van der Waals surface area (Å²) in [4.78, 5) is 37.5. The molecule has 0 saturated carbocycles. The van der Waals surface area contributed by atoms with Gasteiger partial charge in [-0.05, 0) is 43.1 Å². The summed E-state index contributed by atoms with van der Waals surface area (Å²) in [5.74, 6) is -5.45. The number of likely N-dealkylation sites (tertiary alicyclic amines) is 1. The molecular formula is C29H34ClF6N3O6. The molecule has 250 valence electrons. The van der Waals surface area contributed by atoms with Gasteiger partial charge in [0.05, 0.1) is 5.60 Å². The molecule has 4 rings (SSSR count). The number of carbonyl (C=O) groups is 3. The Hall–Kier alpha value is -3.40. The maximum Gasteiger partial charge on any atom is 0.490 e. The van der Waals surface area contributed by atoms with Crippen molar-refractivity contribution in [1.82, 2.24) is 14.7 Å². The van der Waals surface area contributed by atoms with Crippen LogP contribution < -0.4 is 0 Å². The Bertz CT molecular complexity index is 1250. The van der Waals surface area contributed by atoms with E-state index in [4.69, 9.17) is 36.1 Å². The van der Waals surface area contributed by atoms with Crippen LogP contribution in [0.15, 0.2) is 54.6 Å². The first kappa shape index (κ1) is 37.8. The molecule has 2 fully saturated rings. The van der Waals surface area contributed by atoms with E-state index in [0.717, 1.165) is 49.6 Å². The number of rotatable bonds is 5. The lowest BCUT2D eigenvalue weighted by Crippen LogP contribution is -2.61. The third-order valence-electron chi connectivity index (χ3n) is 6.89. The van der Waals surface area contributed by atoms with Gasteiger partial charge in [0.15, 0.2) is 0 Å². The molecule has 45 heavy (non-hydrogen) atoms. The highest BCUT2D eigenvalue weighted by molar-refractivity contribution is 6.30. The lowest BCUT2D eigenvalue weighted by atomic mass is 9.88. The summed E-state index contributed by atoms with van der Waals surface area (Å²) in [5, 5.41) is 15.0. The minimum absolute atomic E-state index is 0.0659. The van der Waals surface area contributed by atoms with Crippen LogP contribution in [0.2, 0.25) is 5.02 Å². The fourth-order valence-corrected chi connectivity index (χ4v) is 5.03. The first-order valence-corrected chi connectivity index (χ1v) is 13.9. The summed E-state index contributed by atoms with van der Waals surface area (Å²) in [5.41, 5.74) is 2.12. The van der Waals surface area contributed by atoms with E-state index >= 15 is 0 Å². The monoisotopic (exact) mass is 669 g/mol. The molecule has 2 aliphatic heterocycles. The molecular weight excluding hydrogens is 636 g/mol. The van der Waals surface area contributed by atoms with Crippen LogP contribution in [0.25, 0.3) is 0 Å². The van der Waals surface area contributed by atoms with E-state index < -0.39 is 30.4 Å². The zero-order valence-corrected chi connectivity index (χ0v) is 25.2. The molecule has 0 bridgehead atoms. The smallest absolute Gasteiger partial charge is 0.475 e. The summed E-state index contributed by atoms with van der Waals surface area (Å²) in [6.07, 6.45) is -8.71. The summed E-state index contributed by atoms with van der Waals surface area (Å²) in [7, 11) is 3.97. The normalized spacial score (nSPS) is 18.6. The minimum Gasteiger partial charge on any atom is -0.475 e. The van der Waals surface area contributed by atoms with E-state index in [2.05, 4.69) is 35.0 Å². The molecule has 9 nitrogen and oxygen atoms in total. The van der Waals surface area contributed by atoms with Crippen LogP contribution in [0.4, 0.5) is 26.3 Å². The Morgan fingerprint density at radius 3 is 1.93 bits per heavy atom. The van der Waals surface area contributed by atoms with E-state index in [9.17, 15) is 31.1 Å². The van der Waals surface area contributed by atoms with Crippen LogP contribution >= 0.6 is 11.6 Å². The fourth-order valence-electron chi connectivity index (χ4n) is 4.81. The second-order valence-corrected chi connectivity index (χ2v) is 11.1. The predicted octanol–water partition coefficient (Wildman–Crippen LogP) is 4.93. The SMILES string of the molecule is CN1CC(C(=O)N(C)Cc2ccccc2)OC2(CCN(Cc3cccc(Cl)c3)CC2)C1.O=C(O)C(F)(F)F.O=C(O)C(F)(F)F. The number of hydrogen-bond donors (Lipinski definition) is 2. The van der Waals surface area contributed by atoms with E-state index in [1.54, 1.807) is 4.90 Å². The largest absolute Gasteiger partial charge is 0.490 e. The van der Waals surface area contributed by atoms with Crippen LogP contribution in [0, 0.1) is 0 Å². The Morgan fingerprint density at radius 2 is 1.44 bits per heavy atom. The van der Waals surface area contributed by atoms with Crippen LogP contribution in [-0.2, 0) is 32.2 Å². The fraction of sp³-hybridized carbons (Fsp3) is 0.483. The zero-order valence-electron chi connectivity index (χ0n) is 24.4. The van der Waals surface area contributed by atoms with Gasteiger partial charge >= 0.3 is 24.3 Å². The third kappa shape index (κ3) is 12.9. The number of amides is 1. The summed E-state index contributed by atoms with van der Waals surface area (Å²) in [6, 6.07) is 18.2.